The van der Waals surface area contributed by atoms with Crippen LogP contribution >= 0.6 is 23.2 Å². The van der Waals surface area contributed by atoms with Crippen LogP contribution in [0.3, 0.4) is 0 Å². The second-order valence-corrected chi connectivity index (χ2v) is 23.2. The van der Waals surface area contributed by atoms with Gasteiger partial charge in [0, 0.05) is 23.3 Å². The van der Waals surface area contributed by atoms with Crippen molar-refractivity contribution in [3.05, 3.63) is 124 Å². The van der Waals surface area contributed by atoms with Gasteiger partial charge in [0.2, 0.25) is 0 Å². The summed E-state index contributed by atoms with van der Waals surface area (Å²) in [4.78, 5) is 0. The van der Waals surface area contributed by atoms with Crippen molar-refractivity contribution in [3.8, 4) is 17.2 Å². The molecule has 0 atom stereocenters. The van der Waals surface area contributed by atoms with Gasteiger partial charge in [-0.2, -0.15) is 0 Å². The topological polar surface area (TPSA) is 83.1 Å². The number of halogens is 2. The molecule has 79 heavy (non-hydrogen) atoms. The zero-order chi connectivity index (χ0) is 59.9. The highest BCUT2D eigenvalue weighted by molar-refractivity contribution is 6.34. The molecule has 0 spiro atoms. The third kappa shape index (κ3) is 56.3. The molecule has 1 saturated carbocycles. The van der Waals surface area contributed by atoms with Crippen LogP contribution in [0.5, 0.6) is 17.2 Å². The summed E-state index contributed by atoms with van der Waals surface area (Å²) in [6.07, 6.45) is 13.9. The summed E-state index contributed by atoms with van der Waals surface area (Å²) in [5, 5.41) is 1.19. The van der Waals surface area contributed by atoms with Gasteiger partial charge in [-0.15, -0.1) is 0 Å². The highest BCUT2D eigenvalue weighted by Crippen LogP contribution is 2.26. The van der Waals surface area contributed by atoms with Crippen LogP contribution in [-0.2, 0) is 41.6 Å². The fourth-order valence-corrected chi connectivity index (χ4v) is 7.33. The van der Waals surface area contributed by atoms with Crippen molar-refractivity contribution in [1.29, 1.82) is 0 Å². The Morgan fingerprint density at radius 3 is 1.30 bits per heavy atom. The molecule has 0 bridgehead atoms. The molecular weight excluding hydrogens is 1030 g/mol. The molecule has 0 saturated heterocycles. The van der Waals surface area contributed by atoms with E-state index in [0.29, 0.717) is 60.0 Å². The first-order valence-electron chi connectivity index (χ1n) is 29.7. The van der Waals surface area contributed by atoms with E-state index in [1.807, 2.05) is 130 Å². The minimum absolute atomic E-state index is 0.0220. The van der Waals surface area contributed by atoms with E-state index in [0.717, 1.165) is 50.3 Å². The van der Waals surface area contributed by atoms with Gasteiger partial charge < -0.3 is 42.6 Å². The van der Waals surface area contributed by atoms with E-state index in [4.69, 9.17) is 65.8 Å². The molecule has 0 amide bonds. The van der Waals surface area contributed by atoms with Crippen LogP contribution in [0.4, 0.5) is 0 Å². The van der Waals surface area contributed by atoms with Crippen molar-refractivity contribution in [2.24, 2.45) is 5.92 Å². The predicted octanol–water partition coefficient (Wildman–Crippen LogP) is 20.1. The zero-order valence-corrected chi connectivity index (χ0v) is 54.7. The lowest BCUT2D eigenvalue weighted by molar-refractivity contribution is -0.0424. The minimum atomic E-state index is 0.0220. The van der Waals surface area contributed by atoms with E-state index in [9.17, 15) is 0 Å². The van der Waals surface area contributed by atoms with E-state index < -0.39 is 0 Å². The number of unbranched alkanes of at least 4 members (excludes halogenated alkanes) is 3. The smallest absolute Gasteiger partial charge is 0.122 e. The lowest BCUT2D eigenvalue weighted by atomic mass is 10.1. The molecule has 9 nitrogen and oxygen atoms in total. The van der Waals surface area contributed by atoms with Crippen molar-refractivity contribution in [2.45, 2.75) is 251 Å². The lowest BCUT2D eigenvalue weighted by Crippen LogP contribution is -2.23. The number of ether oxygens (including phenoxy) is 9. The predicted molar refractivity (Wildman–Crippen MR) is 338 cm³/mol. The van der Waals surface area contributed by atoms with Gasteiger partial charge in [-0.05, 0) is 203 Å². The van der Waals surface area contributed by atoms with Crippen LogP contribution in [0.25, 0.3) is 0 Å². The Kier molecular flexibility index (Phi) is 49.5. The van der Waals surface area contributed by atoms with Crippen LogP contribution in [-0.4, -0.2) is 81.4 Å². The normalized spacial score (nSPS) is 12.1. The Balaban J connectivity index is 0. The van der Waals surface area contributed by atoms with Gasteiger partial charge in [0.1, 0.15) is 23.9 Å². The Labute approximate surface area is 494 Å². The maximum absolute atomic E-state index is 5.77. The molecule has 0 unspecified atom stereocenters. The lowest BCUT2D eigenvalue weighted by Gasteiger charge is -2.22. The van der Waals surface area contributed by atoms with E-state index >= 15 is 0 Å². The Hall–Kier alpha value is -3.38. The van der Waals surface area contributed by atoms with Crippen molar-refractivity contribution in [3.63, 3.8) is 0 Å². The molecule has 4 aromatic carbocycles. The summed E-state index contributed by atoms with van der Waals surface area (Å²) in [6.45, 7) is 44.5. The maximum atomic E-state index is 5.77. The van der Waals surface area contributed by atoms with Gasteiger partial charge in [-0.3, -0.25) is 0 Å². The molecule has 0 N–H and O–H groups in total. The molecule has 1 aliphatic carbocycles. The molecule has 11 heteroatoms. The highest BCUT2D eigenvalue weighted by Gasteiger charge is 2.15. The molecule has 0 radical (unpaired) electrons. The number of hydrogen-bond donors (Lipinski definition) is 0. The van der Waals surface area contributed by atoms with Crippen molar-refractivity contribution in [2.75, 3.05) is 33.0 Å². The van der Waals surface area contributed by atoms with E-state index in [-0.39, 0.29) is 23.9 Å². The van der Waals surface area contributed by atoms with Crippen LogP contribution in [0.15, 0.2) is 103 Å². The summed E-state index contributed by atoms with van der Waals surface area (Å²) < 4.78 is 49.0. The molecule has 5 rings (SSSR count). The van der Waals surface area contributed by atoms with E-state index in [2.05, 4.69) is 86.6 Å². The van der Waals surface area contributed by atoms with Gasteiger partial charge in [0.25, 0.3) is 0 Å². The summed E-state index contributed by atoms with van der Waals surface area (Å²) in [6, 6.07) is 33.3. The first-order valence-corrected chi connectivity index (χ1v) is 30.4. The Morgan fingerprint density at radius 1 is 0.430 bits per heavy atom. The average Bonchev–Trinajstić information content (AvgIpc) is 3.90. The van der Waals surface area contributed by atoms with Crippen LogP contribution in [0.1, 0.15) is 200 Å². The Bertz CT molecular complexity index is 1870. The largest absolute Gasteiger partial charge is 0.494 e. The number of benzene rings is 4. The molecule has 0 aromatic heterocycles. The summed E-state index contributed by atoms with van der Waals surface area (Å²) in [7, 11) is 0. The van der Waals surface area contributed by atoms with Crippen molar-refractivity contribution < 1.29 is 42.6 Å². The van der Waals surface area contributed by atoms with Gasteiger partial charge in [-0.25, -0.2) is 0 Å². The Morgan fingerprint density at radius 2 is 0.873 bits per heavy atom. The van der Waals surface area contributed by atoms with Crippen molar-refractivity contribution >= 4 is 23.2 Å². The second-order valence-electron chi connectivity index (χ2n) is 22.3. The molecule has 454 valence electrons. The minimum Gasteiger partial charge on any atom is -0.494 e. The van der Waals surface area contributed by atoms with Gasteiger partial charge in [-0.1, -0.05) is 130 Å². The van der Waals surface area contributed by atoms with E-state index in [1.165, 1.54) is 62.5 Å². The van der Waals surface area contributed by atoms with Gasteiger partial charge in [0.15, 0.2) is 0 Å². The van der Waals surface area contributed by atoms with Crippen molar-refractivity contribution in [1.82, 2.24) is 0 Å². The molecule has 1 aliphatic rings. The second kappa shape index (κ2) is 50.4. The summed E-state index contributed by atoms with van der Waals surface area (Å²) in [5.41, 5.74) is 2.45. The molecule has 4 aromatic rings. The number of rotatable bonds is 26. The number of hydrogen-bond acceptors (Lipinski definition) is 9. The van der Waals surface area contributed by atoms with Crippen LogP contribution in [0.2, 0.25) is 10.0 Å². The third-order valence-electron chi connectivity index (χ3n) is 10.4. The quantitative estimate of drug-likeness (QED) is 0.0571. The fourth-order valence-electron chi connectivity index (χ4n) is 6.83. The fraction of sp³-hybridized carbons (Fsp3) is 0.647. The number of para-hydroxylation sites is 1. The van der Waals surface area contributed by atoms with Gasteiger partial charge >= 0.3 is 0 Å². The first kappa shape index (κ1) is 77.7. The summed E-state index contributed by atoms with van der Waals surface area (Å²) in [5.74, 6) is 3.43. The van der Waals surface area contributed by atoms with Crippen LogP contribution < -0.4 is 14.2 Å². The van der Waals surface area contributed by atoms with Crippen LogP contribution in [0, 0.1) is 5.92 Å². The molecular formula is C68H114Cl2O9. The SMILES string of the molecule is CC(C)OC(C)(C)C.CC(C)OCC1CCCC1.CC(C)OCCOc1ccccc1.CC(C)OCc1ccccc1.CC(C)Oc1cc(Cl)cc(Cl)c1.CCCCCOC(C)C.CCCCOc1ccc(COC(C)C)cc1. The molecule has 1 fully saturated rings. The molecule has 0 aliphatic heterocycles. The first-order chi connectivity index (χ1) is 37.3. The monoisotopic (exact) mass is 1140 g/mol. The third-order valence-corrected chi connectivity index (χ3v) is 10.8. The van der Waals surface area contributed by atoms with Gasteiger partial charge in [0.05, 0.1) is 74.8 Å². The average molecular weight is 1150 g/mol. The summed E-state index contributed by atoms with van der Waals surface area (Å²) >= 11 is 11.5. The highest BCUT2D eigenvalue weighted by atomic mass is 35.5. The maximum Gasteiger partial charge on any atom is 0.122 e. The standard InChI is InChI=1S/C14H22O2.C11H16O2.C10H14O.C9H10Cl2O.C9H18O.C8H18O.C7H16O/c1-4-5-10-15-14-8-6-13(7-9-14)11-16-12(2)3;1-10(2)12-8-9-13-11-6-4-3-5-7-11;1-9(2)11-8-10-6-4-3-5-7-10;1-6(2)12-9-4-7(10)3-8(11)5-9;1-8(2)10-7-9-5-3-4-6-9;1-4-5-6-7-9-8(2)3;1-6(2)8-7(3,4)5/h6-9,12H,4-5,10-11H2,1-3H3;3-7,10H,8-9H2,1-2H3;3-7,9H,8H2,1-2H3;3-6H,1-2H3;8-9H,3-7H2,1-2H3;8H,4-7H2,1-3H3;6H,1-5H3. The molecule has 0 heterocycles. The van der Waals surface area contributed by atoms with E-state index in [1.54, 1.807) is 18.2 Å². The zero-order valence-electron chi connectivity index (χ0n) is 53.2.